The van der Waals surface area contributed by atoms with Crippen molar-refractivity contribution in [3.63, 3.8) is 0 Å². The third-order valence-electron chi connectivity index (χ3n) is 3.08. The van der Waals surface area contributed by atoms with Crippen molar-refractivity contribution < 1.29 is 4.74 Å². The van der Waals surface area contributed by atoms with Crippen molar-refractivity contribution in [1.82, 2.24) is 5.32 Å². The summed E-state index contributed by atoms with van der Waals surface area (Å²) < 4.78 is 5.77. The molecule has 0 unspecified atom stereocenters. The molecule has 100 valence electrons. The Morgan fingerprint density at radius 3 is 2.84 bits per heavy atom. The molecule has 1 N–H and O–H groups in total. The molecule has 0 aliphatic heterocycles. The van der Waals surface area contributed by atoms with Crippen LogP contribution >= 0.6 is 0 Å². The lowest BCUT2D eigenvalue weighted by Crippen LogP contribution is -2.15. The van der Waals surface area contributed by atoms with E-state index in [4.69, 9.17) is 4.74 Å². The van der Waals surface area contributed by atoms with Crippen molar-refractivity contribution in [2.75, 3.05) is 13.2 Å². The molecule has 0 radical (unpaired) electrons. The van der Waals surface area contributed by atoms with Crippen LogP contribution in [0.2, 0.25) is 0 Å². The maximum Gasteiger partial charge on any atom is 0.124 e. The van der Waals surface area contributed by atoms with Crippen LogP contribution in [-0.2, 0) is 6.54 Å². The molecule has 0 heterocycles. The number of hydrogen-bond acceptors (Lipinski definition) is 2. The van der Waals surface area contributed by atoms with Crippen LogP contribution in [0, 0.1) is 0 Å². The topological polar surface area (TPSA) is 21.3 Å². The predicted octanol–water partition coefficient (Wildman–Crippen LogP) is 3.90. The molecular weight excluding hydrogens is 234 g/mol. The molecule has 0 aromatic heterocycles. The number of nitrogens with one attached hydrogen (secondary N) is 1. The number of benzene rings is 2. The highest BCUT2D eigenvalue weighted by atomic mass is 16.5. The van der Waals surface area contributed by atoms with E-state index in [1.54, 1.807) is 6.08 Å². The highest BCUT2D eigenvalue weighted by Crippen LogP contribution is 2.28. The Hall–Kier alpha value is -1.80. The van der Waals surface area contributed by atoms with Crippen molar-refractivity contribution in [3.05, 3.63) is 54.6 Å². The molecule has 2 heteroatoms. The van der Waals surface area contributed by atoms with Gasteiger partial charge < -0.3 is 10.1 Å². The van der Waals surface area contributed by atoms with Crippen LogP contribution in [0.1, 0.15) is 18.9 Å². The van der Waals surface area contributed by atoms with Crippen LogP contribution in [0.4, 0.5) is 0 Å². The van der Waals surface area contributed by atoms with Gasteiger partial charge >= 0.3 is 0 Å². The Morgan fingerprint density at radius 1 is 1.21 bits per heavy atom. The summed E-state index contributed by atoms with van der Waals surface area (Å²) in [5.74, 6) is 0.946. The zero-order valence-corrected chi connectivity index (χ0v) is 11.5. The standard InChI is InChI=1S/C17H21NO/c1-3-11-18-13-16-15-8-6-5-7-14(15)9-10-17(16)19-12-4-2/h4-10,18H,2-3,11-13H2,1H3. The number of ether oxygens (including phenoxy) is 1. The van der Waals surface area contributed by atoms with Gasteiger partial charge in [0.15, 0.2) is 0 Å². The molecule has 2 nitrogen and oxygen atoms in total. The van der Waals surface area contributed by atoms with E-state index in [9.17, 15) is 0 Å². The largest absolute Gasteiger partial charge is 0.489 e. The SMILES string of the molecule is C=CCOc1ccc2ccccc2c1CNCCC. The molecule has 0 aliphatic rings. The molecule has 0 saturated carbocycles. The Morgan fingerprint density at radius 2 is 2.05 bits per heavy atom. The minimum Gasteiger partial charge on any atom is -0.489 e. The Kier molecular flexibility index (Phi) is 4.99. The molecule has 0 atom stereocenters. The third kappa shape index (κ3) is 3.36. The van der Waals surface area contributed by atoms with Gasteiger partial charge in [-0.2, -0.15) is 0 Å². The molecular formula is C17H21NO. The molecule has 0 fully saturated rings. The Balaban J connectivity index is 2.35. The smallest absolute Gasteiger partial charge is 0.124 e. The number of rotatable bonds is 7. The summed E-state index contributed by atoms with van der Waals surface area (Å²) in [4.78, 5) is 0. The van der Waals surface area contributed by atoms with E-state index >= 15 is 0 Å². The first-order valence-electron chi connectivity index (χ1n) is 6.82. The highest BCUT2D eigenvalue weighted by Gasteiger charge is 2.07. The first-order valence-corrected chi connectivity index (χ1v) is 6.82. The zero-order valence-electron chi connectivity index (χ0n) is 11.5. The van der Waals surface area contributed by atoms with Gasteiger partial charge in [-0.05, 0) is 29.8 Å². The fraction of sp³-hybridized carbons (Fsp3) is 0.294. The summed E-state index contributed by atoms with van der Waals surface area (Å²) in [6.45, 7) is 8.27. The van der Waals surface area contributed by atoms with Gasteiger partial charge in [0.05, 0.1) is 0 Å². The van der Waals surface area contributed by atoms with Gasteiger partial charge in [0.2, 0.25) is 0 Å². The Labute approximate surface area is 115 Å². The van der Waals surface area contributed by atoms with Gasteiger partial charge in [-0.1, -0.05) is 49.9 Å². The maximum absolute atomic E-state index is 5.77. The van der Waals surface area contributed by atoms with Gasteiger partial charge in [0, 0.05) is 12.1 Å². The fourth-order valence-electron chi connectivity index (χ4n) is 2.17. The second-order valence-corrected chi connectivity index (χ2v) is 4.54. The van der Waals surface area contributed by atoms with E-state index < -0.39 is 0 Å². The summed E-state index contributed by atoms with van der Waals surface area (Å²) in [7, 11) is 0. The normalized spacial score (nSPS) is 10.6. The van der Waals surface area contributed by atoms with Crippen LogP contribution in [0.3, 0.4) is 0 Å². The van der Waals surface area contributed by atoms with Crippen molar-refractivity contribution in [3.8, 4) is 5.75 Å². The molecule has 2 aromatic carbocycles. The van der Waals surface area contributed by atoms with Crippen LogP contribution in [0.25, 0.3) is 10.8 Å². The quantitative estimate of drug-likeness (QED) is 0.598. The average Bonchev–Trinajstić information content (AvgIpc) is 2.46. The second kappa shape index (κ2) is 6.95. The molecule has 0 aliphatic carbocycles. The van der Waals surface area contributed by atoms with Crippen molar-refractivity contribution >= 4 is 10.8 Å². The van der Waals surface area contributed by atoms with Gasteiger partial charge in [0.1, 0.15) is 12.4 Å². The highest BCUT2D eigenvalue weighted by molar-refractivity contribution is 5.87. The molecule has 19 heavy (non-hydrogen) atoms. The lowest BCUT2D eigenvalue weighted by Gasteiger charge is -2.14. The molecule has 0 spiro atoms. The van der Waals surface area contributed by atoms with Gasteiger partial charge in [-0.25, -0.2) is 0 Å². The van der Waals surface area contributed by atoms with Crippen molar-refractivity contribution in [2.45, 2.75) is 19.9 Å². The van der Waals surface area contributed by atoms with Crippen LogP contribution in [0.15, 0.2) is 49.1 Å². The van der Waals surface area contributed by atoms with E-state index in [0.717, 1.165) is 25.3 Å². The average molecular weight is 255 g/mol. The van der Waals surface area contributed by atoms with Crippen LogP contribution < -0.4 is 10.1 Å². The second-order valence-electron chi connectivity index (χ2n) is 4.54. The monoisotopic (exact) mass is 255 g/mol. The number of fused-ring (bicyclic) bond motifs is 1. The van der Waals surface area contributed by atoms with E-state index in [1.807, 2.05) is 0 Å². The van der Waals surface area contributed by atoms with Gasteiger partial charge in [-0.15, -0.1) is 0 Å². The molecule has 0 saturated heterocycles. The summed E-state index contributed by atoms with van der Waals surface area (Å²) >= 11 is 0. The Bertz CT molecular complexity index is 548. The lowest BCUT2D eigenvalue weighted by atomic mass is 10.0. The van der Waals surface area contributed by atoms with E-state index in [0.29, 0.717) is 6.61 Å². The fourth-order valence-corrected chi connectivity index (χ4v) is 2.17. The van der Waals surface area contributed by atoms with Gasteiger partial charge in [0.25, 0.3) is 0 Å². The first-order chi connectivity index (χ1) is 9.36. The van der Waals surface area contributed by atoms with Crippen LogP contribution in [-0.4, -0.2) is 13.2 Å². The van der Waals surface area contributed by atoms with E-state index in [1.165, 1.54) is 16.3 Å². The predicted molar refractivity (Wildman–Crippen MR) is 81.6 cm³/mol. The lowest BCUT2D eigenvalue weighted by molar-refractivity contribution is 0.358. The maximum atomic E-state index is 5.77. The molecule has 2 aromatic rings. The van der Waals surface area contributed by atoms with Gasteiger partial charge in [-0.3, -0.25) is 0 Å². The molecule has 2 rings (SSSR count). The molecule has 0 amide bonds. The van der Waals surface area contributed by atoms with Crippen molar-refractivity contribution in [1.29, 1.82) is 0 Å². The molecule has 0 bridgehead atoms. The minimum absolute atomic E-state index is 0.541. The summed E-state index contributed by atoms with van der Waals surface area (Å²) in [6, 6.07) is 12.6. The van der Waals surface area contributed by atoms with E-state index in [2.05, 4.69) is 55.2 Å². The summed E-state index contributed by atoms with van der Waals surface area (Å²) in [5, 5.41) is 5.96. The van der Waals surface area contributed by atoms with Crippen LogP contribution in [0.5, 0.6) is 5.75 Å². The summed E-state index contributed by atoms with van der Waals surface area (Å²) in [5.41, 5.74) is 1.23. The van der Waals surface area contributed by atoms with Crippen molar-refractivity contribution in [2.24, 2.45) is 0 Å². The zero-order chi connectivity index (χ0) is 13.5. The number of hydrogen-bond donors (Lipinski definition) is 1. The third-order valence-corrected chi connectivity index (χ3v) is 3.08. The summed E-state index contributed by atoms with van der Waals surface area (Å²) in [6.07, 6.45) is 2.91. The van der Waals surface area contributed by atoms with E-state index in [-0.39, 0.29) is 0 Å². The first kappa shape index (κ1) is 13.6. The minimum atomic E-state index is 0.541.